The van der Waals surface area contributed by atoms with Gasteiger partial charge in [-0.05, 0) is 38.1 Å². The number of ether oxygens (including phenoxy) is 2. The third-order valence-electron chi connectivity index (χ3n) is 4.63. The second kappa shape index (κ2) is 7.60. The maximum atomic E-state index is 13.2. The van der Waals surface area contributed by atoms with Gasteiger partial charge < -0.3 is 14.6 Å². The van der Waals surface area contributed by atoms with Crippen LogP contribution in [0.1, 0.15) is 18.1 Å². The lowest BCUT2D eigenvalue weighted by atomic mass is 10.0. The van der Waals surface area contributed by atoms with Gasteiger partial charge in [0.25, 0.3) is 5.91 Å². The smallest absolute Gasteiger partial charge is 0.340 e. The Kier molecular flexibility index (Phi) is 5.22. The average Bonchev–Trinajstić information content (AvgIpc) is 2.93. The number of phenolic OH excluding ortho intramolecular Hbond substituents is 1. The highest BCUT2D eigenvalue weighted by Crippen LogP contribution is 2.38. The number of amides is 1. The van der Waals surface area contributed by atoms with Gasteiger partial charge in [0.2, 0.25) is 0 Å². The molecule has 6 heteroatoms. The molecular formula is C22H21NO5. The number of carbonyl (C=O) groups is 2. The fourth-order valence-corrected chi connectivity index (χ4v) is 3.16. The van der Waals surface area contributed by atoms with E-state index in [1.807, 2.05) is 31.2 Å². The Bertz CT molecular complexity index is 1000. The number of hydrogen-bond donors (Lipinski definition) is 1. The second-order valence-electron chi connectivity index (χ2n) is 6.38. The first-order valence-electron chi connectivity index (χ1n) is 8.67. The number of carbonyl (C=O) groups excluding carboxylic acids is 2. The molecule has 0 spiro atoms. The fourth-order valence-electron chi connectivity index (χ4n) is 3.16. The third kappa shape index (κ3) is 3.24. The van der Waals surface area contributed by atoms with E-state index >= 15 is 0 Å². The van der Waals surface area contributed by atoms with Gasteiger partial charge in [0.05, 0.1) is 25.4 Å². The van der Waals surface area contributed by atoms with Gasteiger partial charge in [-0.15, -0.1) is 0 Å². The summed E-state index contributed by atoms with van der Waals surface area (Å²) in [6, 6.07) is 12.4. The molecule has 0 aromatic heterocycles. The number of esters is 1. The number of hydrogen-bond acceptors (Lipinski definition) is 5. The van der Waals surface area contributed by atoms with Crippen molar-refractivity contribution in [3.05, 3.63) is 70.4 Å². The Balaban J connectivity index is 2.16. The highest BCUT2D eigenvalue weighted by Gasteiger charge is 2.38. The molecule has 0 unspecified atom stereocenters. The van der Waals surface area contributed by atoms with E-state index in [0.717, 1.165) is 5.56 Å². The minimum atomic E-state index is -0.617. The topological polar surface area (TPSA) is 76.1 Å². The van der Waals surface area contributed by atoms with Gasteiger partial charge in [-0.25, -0.2) is 4.79 Å². The fraction of sp³-hybridized carbons (Fsp3) is 0.182. The molecule has 0 atom stereocenters. The number of aryl methyl sites for hydroxylation is 1. The van der Waals surface area contributed by atoms with Gasteiger partial charge in [0.1, 0.15) is 0 Å². The summed E-state index contributed by atoms with van der Waals surface area (Å²) < 4.78 is 10.0. The summed E-state index contributed by atoms with van der Waals surface area (Å²) >= 11 is 0. The molecule has 1 aliphatic rings. The SMILES string of the molecule is COC(=O)C1=C(C)N(c2ccc(C)cc2)C(=O)C1=Cc1cccc(OC)c1O. The van der Waals surface area contributed by atoms with Gasteiger partial charge in [0, 0.05) is 16.9 Å². The first-order chi connectivity index (χ1) is 13.4. The van der Waals surface area contributed by atoms with Crippen LogP contribution in [0.2, 0.25) is 0 Å². The van der Waals surface area contributed by atoms with Crippen LogP contribution in [0.5, 0.6) is 11.5 Å². The standard InChI is InChI=1S/C22H21NO5/c1-13-8-10-16(11-9-13)23-14(2)19(22(26)28-4)17(21(23)25)12-15-6-5-7-18(27-3)20(15)24/h5-12,24H,1-4H3. The van der Waals surface area contributed by atoms with Crippen molar-refractivity contribution in [2.45, 2.75) is 13.8 Å². The molecule has 28 heavy (non-hydrogen) atoms. The number of aromatic hydroxyl groups is 1. The highest BCUT2D eigenvalue weighted by atomic mass is 16.5. The van der Waals surface area contributed by atoms with Crippen LogP contribution in [-0.2, 0) is 14.3 Å². The molecule has 3 rings (SSSR count). The summed E-state index contributed by atoms with van der Waals surface area (Å²) in [5.74, 6) is -0.825. The van der Waals surface area contributed by atoms with E-state index in [4.69, 9.17) is 9.47 Å². The van der Waals surface area contributed by atoms with Crippen LogP contribution in [-0.4, -0.2) is 31.2 Å². The van der Waals surface area contributed by atoms with Crippen LogP contribution >= 0.6 is 0 Å². The average molecular weight is 379 g/mol. The molecule has 1 heterocycles. The van der Waals surface area contributed by atoms with Crippen molar-refractivity contribution in [3.8, 4) is 11.5 Å². The van der Waals surface area contributed by atoms with Gasteiger partial charge in [-0.1, -0.05) is 29.8 Å². The molecule has 6 nitrogen and oxygen atoms in total. The summed E-state index contributed by atoms with van der Waals surface area (Å²) in [5, 5.41) is 10.4. The van der Waals surface area contributed by atoms with Crippen LogP contribution < -0.4 is 9.64 Å². The molecule has 2 aromatic carbocycles. The number of benzene rings is 2. The van der Waals surface area contributed by atoms with E-state index in [-0.39, 0.29) is 28.6 Å². The van der Waals surface area contributed by atoms with Crippen LogP contribution in [0, 0.1) is 6.92 Å². The molecule has 144 valence electrons. The van der Waals surface area contributed by atoms with Gasteiger partial charge in [0.15, 0.2) is 11.5 Å². The molecule has 1 amide bonds. The number of rotatable bonds is 4. The van der Waals surface area contributed by atoms with E-state index in [9.17, 15) is 14.7 Å². The van der Waals surface area contributed by atoms with Gasteiger partial charge >= 0.3 is 5.97 Å². The van der Waals surface area contributed by atoms with Crippen LogP contribution in [0.4, 0.5) is 5.69 Å². The molecule has 0 bridgehead atoms. The van der Waals surface area contributed by atoms with Crippen molar-refractivity contribution in [1.82, 2.24) is 0 Å². The summed E-state index contributed by atoms with van der Waals surface area (Å²) in [6.45, 7) is 3.64. The Morgan fingerprint density at radius 1 is 1.07 bits per heavy atom. The number of methoxy groups -OCH3 is 2. The largest absolute Gasteiger partial charge is 0.504 e. The summed E-state index contributed by atoms with van der Waals surface area (Å²) in [6.07, 6.45) is 1.48. The number of nitrogens with zero attached hydrogens (tertiary/aromatic N) is 1. The lowest BCUT2D eigenvalue weighted by molar-refractivity contribution is -0.136. The lowest BCUT2D eigenvalue weighted by Gasteiger charge is -2.18. The van der Waals surface area contributed by atoms with Crippen molar-refractivity contribution in [2.75, 3.05) is 19.1 Å². The number of para-hydroxylation sites is 1. The molecular weight excluding hydrogens is 358 g/mol. The van der Waals surface area contributed by atoms with E-state index in [1.54, 1.807) is 25.1 Å². The normalized spacial score (nSPS) is 15.4. The van der Waals surface area contributed by atoms with E-state index < -0.39 is 5.97 Å². The molecule has 0 fully saturated rings. The van der Waals surface area contributed by atoms with Crippen molar-refractivity contribution in [3.63, 3.8) is 0 Å². The van der Waals surface area contributed by atoms with Crippen molar-refractivity contribution >= 4 is 23.6 Å². The van der Waals surface area contributed by atoms with Crippen molar-refractivity contribution < 1.29 is 24.2 Å². The number of anilines is 1. The van der Waals surface area contributed by atoms with Crippen molar-refractivity contribution in [1.29, 1.82) is 0 Å². The minimum Gasteiger partial charge on any atom is -0.504 e. The van der Waals surface area contributed by atoms with Gasteiger partial charge in [-0.3, -0.25) is 9.69 Å². The zero-order valence-corrected chi connectivity index (χ0v) is 16.1. The summed E-state index contributed by atoms with van der Waals surface area (Å²) in [4.78, 5) is 27.1. The van der Waals surface area contributed by atoms with E-state index in [0.29, 0.717) is 16.9 Å². The summed E-state index contributed by atoms with van der Waals surface area (Å²) in [7, 11) is 2.71. The molecule has 0 saturated heterocycles. The molecule has 0 saturated carbocycles. The molecule has 1 N–H and O–H groups in total. The maximum absolute atomic E-state index is 13.2. The summed E-state index contributed by atoms with van der Waals surface area (Å²) in [5.41, 5.74) is 2.84. The Labute approximate surface area is 163 Å². The van der Waals surface area contributed by atoms with Gasteiger partial charge in [-0.2, -0.15) is 0 Å². The third-order valence-corrected chi connectivity index (χ3v) is 4.63. The number of phenols is 1. The molecule has 2 aromatic rings. The molecule has 1 aliphatic heterocycles. The first-order valence-corrected chi connectivity index (χ1v) is 8.67. The first kappa shape index (κ1) is 19.2. The Morgan fingerprint density at radius 2 is 1.75 bits per heavy atom. The second-order valence-corrected chi connectivity index (χ2v) is 6.38. The zero-order valence-electron chi connectivity index (χ0n) is 16.1. The molecule has 0 radical (unpaired) electrons. The Hall–Kier alpha value is -3.54. The predicted molar refractivity (Wildman–Crippen MR) is 106 cm³/mol. The van der Waals surface area contributed by atoms with Crippen LogP contribution in [0.25, 0.3) is 6.08 Å². The Morgan fingerprint density at radius 3 is 2.36 bits per heavy atom. The highest BCUT2D eigenvalue weighted by molar-refractivity contribution is 6.23. The van der Waals surface area contributed by atoms with Crippen molar-refractivity contribution in [2.24, 2.45) is 0 Å². The van der Waals surface area contributed by atoms with E-state index in [2.05, 4.69) is 0 Å². The predicted octanol–water partition coefficient (Wildman–Crippen LogP) is 3.59. The monoisotopic (exact) mass is 379 g/mol. The van der Waals surface area contributed by atoms with Crippen LogP contribution in [0.3, 0.4) is 0 Å². The molecule has 0 aliphatic carbocycles. The quantitative estimate of drug-likeness (QED) is 0.649. The van der Waals surface area contributed by atoms with Crippen LogP contribution in [0.15, 0.2) is 59.3 Å². The maximum Gasteiger partial charge on any atom is 0.340 e. The number of allylic oxidation sites excluding steroid dienone is 1. The minimum absolute atomic E-state index is 0.110. The zero-order chi connectivity index (χ0) is 20.4. The lowest BCUT2D eigenvalue weighted by Crippen LogP contribution is -2.24. The van der Waals surface area contributed by atoms with E-state index in [1.165, 1.54) is 25.2 Å².